The average Bonchev–Trinajstić information content (AvgIpc) is 3.08. The highest BCUT2D eigenvalue weighted by Gasteiger charge is 2.62. The van der Waals surface area contributed by atoms with Crippen molar-refractivity contribution in [2.24, 2.45) is 11.3 Å². The number of nitrogens with one attached hydrogen (secondary N) is 1. The van der Waals surface area contributed by atoms with Crippen LogP contribution in [-0.4, -0.2) is 11.7 Å². The summed E-state index contributed by atoms with van der Waals surface area (Å²) in [7, 11) is 0. The maximum Gasteiger partial charge on any atom is 0.238 e. The molecule has 94 valence electrons. The van der Waals surface area contributed by atoms with Gasteiger partial charge >= 0.3 is 0 Å². The third-order valence-corrected chi connectivity index (χ3v) is 3.64. The molecule has 1 fully saturated rings. The van der Waals surface area contributed by atoms with Crippen molar-refractivity contribution in [2.45, 2.75) is 20.3 Å². The molecule has 0 aliphatic heterocycles. The van der Waals surface area contributed by atoms with E-state index in [1.165, 1.54) is 6.92 Å². The number of hydrogen-bond acceptors (Lipinski definition) is 2. The van der Waals surface area contributed by atoms with Crippen LogP contribution >= 0.6 is 0 Å². The number of ketones is 1. The highest BCUT2D eigenvalue weighted by molar-refractivity contribution is 6.13. The standard InChI is InChI=1S/C15H17NO2/c1-4-12-9-15(12,11(3)17)14(18)16-13-7-5-10(2)6-8-13/h4-8,12H,1,9H2,2-3H3,(H,16,18). The zero-order valence-corrected chi connectivity index (χ0v) is 10.7. The second-order valence-electron chi connectivity index (χ2n) is 4.89. The van der Waals surface area contributed by atoms with Crippen molar-refractivity contribution in [3.8, 4) is 0 Å². The van der Waals surface area contributed by atoms with Crippen LogP contribution in [0.25, 0.3) is 0 Å². The van der Waals surface area contributed by atoms with E-state index in [0.717, 1.165) is 11.3 Å². The largest absolute Gasteiger partial charge is 0.325 e. The van der Waals surface area contributed by atoms with Gasteiger partial charge in [0.15, 0.2) is 0 Å². The van der Waals surface area contributed by atoms with Gasteiger partial charge in [-0.1, -0.05) is 23.8 Å². The van der Waals surface area contributed by atoms with Gasteiger partial charge in [-0.05, 0) is 38.3 Å². The molecule has 1 N–H and O–H groups in total. The molecule has 1 aromatic carbocycles. The Balaban J connectivity index is 2.15. The van der Waals surface area contributed by atoms with Gasteiger partial charge in [0.05, 0.1) is 0 Å². The first-order chi connectivity index (χ1) is 8.50. The second-order valence-corrected chi connectivity index (χ2v) is 4.89. The summed E-state index contributed by atoms with van der Waals surface area (Å²) >= 11 is 0. The Morgan fingerprint density at radius 1 is 1.39 bits per heavy atom. The number of allylic oxidation sites excluding steroid dienone is 1. The SMILES string of the molecule is C=CC1CC1(C(C)=O)C(=O)Nc1ccc(C)cc1. The van der Waals surface area contributed by atoms with Crippen LogP contribution in [0.15, 0.2) is 36.9 Å². The molecule has 0 saturated heterocycles. The third-order valence-electron chi connectivity index (χ3n) is 3.64. The summed E-state index contributed by atoms with van der Waals surface area (Å²) in [6.07, 6.45) is 2.26. The van der Waals surface area contributed by atoms with Crippen molar-refractivity contribution in [2.75, 3.05) is 5.32 Å². The average molecular weight is 243 g/mol. The van der Waals surface area contributed by atoms with Crippen LogP contribution in [-0.2, 0) is 9.59 Å². The second kappa shape index (κ2) is 4.41. The van der Waals surface area contributed by atoms with E-state index in [0.29, 0.717) is 6.42 Å². The summed E-state index contributed by atoms with van der Waals surface area (Å²) in [6, 6.07) is 7.53. The van der Waals surface area contributed by atoms with Crippen LogP contribution < -0.4 is 5.32 Å². The third kappa shape index (κ3) is 1.96. The Kier molecular flexibility index (Phi) is 3.07. The minimum absolute atomic E-state index is 0.0274. The predicted molar refractivity (Wildman–Crippen MR) is 71.2 cm³/mol. The van der Waals surface area contributed by atoms with Gasteiger partial charge in [0, 0.05) is 5.69 Å². The van der Waals surface area contributed by atoms with Gasteiger partial charge in [-0.15, -0.1) is 6.58 Å². The van der Waals surface area contributed by atoms with Crippen molar-refractivity contribution < 1.29 is 9.59 Å². The first-order valence-corrected chi connectivity index (χ1v) is 6.02. The van der Waals surface area contributed by atoms with Gasteiger partial charge in [-0.25, -0.2) is 0 Å². The zero-order valence-electron chi connectivity index (χ0n) is 10.7. The van der Waals surface area contributed by atoms with E-state index in [1.54, 1.807) is 6.08 Å². The lowest BCUT2D eigenvalue weighted by molar-refractivity contribution is -0.132. The molecule has 1 aliphatic carbocycles. The number of benzene rings is 1. The number of rotatable bonds is 4. The smallest absolute Gasteiger partial charge is 0.238 e. The van der Waals surface area contributed by atoms with Crippen LogP contribution in [0.5, 0.6) is 0 Å². The van der Waals surface area contributed by atoms with E-state index >= 15 is 0 Å². The number of carbonyl (C=O) groups is 2. The first-order valence-electron chi connectivity index (χ1n) is 6.02. The molecule has 0 heterocycles. The number of amides is 1. The Hall–Kier alpha value is -1.90. The van der Waals surface area contributed by atoms with Gasteiger partial charge in [0.1, 0.15) is 11.2 Å². The molecule has 0 radical (unpaired) electrons. The van der Waals surface area contributed by atoms with Gasteiger partial charge < -0.3 is 5.32 Å². The number of carbonyl (C=O) groups excluding carboxylic acids is 2. The topological polar surface area (TPSA) is 46.2 Å². The summed E-state index contributed by atoms with van der Waals surface area (Å²) in [6.45, 7) is 7.12. The molecule has 1 aromatic rings. The van der Waals surface area contributed by atoms with Crippen LogP contribution in [0.4, 0.5) is 5.69 Å². The van der Waals surface area contributed by atoms with E-state index in [4.69, 9.17) is 0 Å². The van der Waals surface area contributed by atoms with Gasteiger partial charge in [0.2, 0.25) is 5.91 Å². The fourth-order valence-electron chi connectivity index (χ4n) is 2.28. The highest BCUT2D eigenvalue weighted by atomic mass is 16.2. The van der Waals surface area contributed by atoms with Crippen molar-refractivity contribution in [3.05, 3.63) is 42.5 Å². The van der Waals surface area contributed by atoms with Crippen molar-refractivity contribution in [1.29, 1.82) is 0 Å². The Morgan fingerprint density at radius 3 is 2.44 bits per heavy atom. The maximum absolute atomic E-state index is 12.2. The molecule has 0 bridgehead atoms. The van der Waals surface area contributed by atoms with E-state index < -0.39 is 5.41 Å². The molecule has 1 aliphatic rings. The molecule has 3 nitrogen and oxygen atoms in total. The molecule has 2 atom stereocenters. The summed E-state index contributed by atoms with van der Waals surface area (Å²) in [5, 5.41) is 2.81. The zero-order chi connectivity index (χ0) is 13.3. The van der Waals surface area contributed by atoms with E-state index in [2.05, 4.69) is 11.9 Å². The molecule has 3 heteroatoms. The highest BCUT2D eigenvalue weighted by Crippen LogP contribution is 2.54. The molecule has 18 heavy (non-hydrogen) atoms. The molecular formula is C15H17NO2. The summed E-state index contributed by atoms with van der Waals surface area (Å²) in [5.41, 5.74) is 0.970. The summed E-state index contributed by atoms with van der Waals surface area (Å²) < 4.78 is 0. The van der Waals surface area contributed by atoms with Gasteiger partial charge in [-0.2, -0.15) is 0 Å². The van der Waals surface area contributed by atoms with Crippen molar-refractivity contribution in [1.82, 2.24) is 0 Å². The predicted octanol–water partition coefficient (Wildman–Crippen LogP) is 2.71. The van der Waals surface area contributed by atoms with Crippen LogP contribution in [0.1, 0.15) is 18.9 Å². The summed E-state index contributed by atoms with van der Waals surface area (Å²) in [4.78, 5) is 23.9. The minimum atomic E-state index is -0.882. The van der Waals surface area contributed by atoms with E-state index in [1.807, 2.05) is 31.2 Å². The first kappa shape index (κ1) is 12.6. The lowest BCUT2D eigenvalue weighted by atomic mass is 9.97. The normalized spacial score (nSPS) is 25.3. The Labute approximate surface area is 107 Å². The number of aryl methyl sites for hydroxylation is 1. The van der Waals surface area contributed by atoms with Gasteiger partial charge in [0.25, 0.3) is 0 Å². The Morgan fingerprint density at radius 2 is 2.00 bits per heavy atom. The Bertz CT molecular complexity index is 504. The number of Topliss-reactive ketones (excluding diaryl/α,β-unsaturated/α-hetero) is 1. The molecule has 2 rings (SSSR count). The fraction of sp³-hybridized carbons (Fsp3) is 0.333. The maximum atomic E-state index is 12.2. The quantitative estimate of drug-likeness (QED) is 0.653. The lowest BCUT2D eigenvalue weighted by Crippen LogP contribution is -2.31. The van der Waals surface area contributed by atoms with E-state index in [-0.39, 0.29) is 17.6 Å². The van der Waals surface area contributed by atoms with Crippen molar-refractivity contribution in [3.63, 3.8) is 0 Å². The number of hydrogen-bond donors (Lipinski definition) is 1. The molecule has 1 amide bonds. The molecule has 1 saturated carbocycles. The van der Waals surface area contributed by atoms with Crippen LogP contribution in [0.2, 0.25) is 0 Å². The molecule has 0 spiro atoms. The van der Waals surface area contributed by atoms with Crippen LogP contribution in [0.3, 0.4) is 0 Å². The van der Waals surface area contributed by atoms with Gasteiger partial charge in [-0.3, -0.25) is 9.59 Å². The molecule has 2 unspecified atom stereocenters. The number of anilines is 1. The van der Waals surface area contributed by atoms with Crippen LogP contribution in [0, 0.1) is 18.3 Å². The molecular weight excluding hydrogens is 226 g/mol. The lowest BCUT2D eigenvalue weighted by Gasteiger charge is -2.13. The van der Waals surface area contributed by atoms with Crippen molar-refractivity contribution >= 4 is 17.4 Å². The summed E-state index contributed by atoms with van der Waals surface area (Å²) in [5.74, 6) is -0.332. The fourth-order valence-corrected chi connectivity index (χ4v) is 2.28. The monoisotopic (exact) mass is 243 g/mol. The minimum Gasteiger partial charge on any atom is -0.325 e. The van der Waals surface area contributed by atoms with E-state index in [9.17, 15) is 9.59 Å². The molecule has 0 aromatic heterocycles.